The van der Waals surface area contributed by atoms with Crippen LogP contribution in [-0.2, 0) is 4.79 Å². The second-order valence-corrected chi connectivity index (χ2v) is 10.7. The number of aliphatic hydroxyl groups is 1. The lowest BCUT2D eigenvalue weighted by Gasteiger charge is -2.50. The van der Waals surface area contributed by atoms with Gasteiger partial charge in [-0.15, -0.1) is 5.10 Å². The summed E-state index contributed by atoms with van der Waals surface area (Å²) in [6.45, 7) is 6.43. The molecule has 0 unspecified atom stereocenters. The highest BCUT2D eigenvalue weighted by Crippen LogP contribution is 2.53. The SMILES string of the molecule is C[C@H](C(=O)[C@@H]1CCC[C@H]2[C@@H](CC[C@H]3C[C@](C)(O)CC[C@@H]32)[C@@H](C)CC1)n1ccnn1. The fraction of sp³-hybridized carbons (Fsp3) is 0.875. The molecular weight excluding hydrogens is 362 g/mol. The minimum atomic E-state index is -0.451. The number of fused-ring (bicyclic) bond motifs is 3. The Labute approximate surface area is 175 Å². The fourth-order valence-corrected chi connectivity index (χ4v) is 7.09. The van der Waals surface area contributed by atoms with Crippen LogP contribution in [0.4, 0.5) is 0 Å². The first-order chi connectivity index (χ1) is 13.9. The van der Waals surface area contributed by atoms with E-state index in [4.69, 9.17) is 0 Å². The first kappa shape index (κ1) is 21.0. The molecule has 162 valence electrons. The van der Waals surface area contributed by atoms with Gasteiger partial charge in [-0.3, -0.25) is 4.79 Å². The molecule has 0 amide bonds. The Bertz CT molecular complexity index is 686. The highest BCUT2D eigenvalue weighted by atomic mass is 16.3. The maximum Gasteiger partial charge on any atom is 0.160 e. The second-order valence-electron chi connectivity index (χ2n) is 10.7. The van der Waals surface area contributed by atoms with E-state index in [2.05, 4.69) is 17.2 Å². The zero-order valence-corrected chi connectivity index (χ0v) is 18.5. The molecule has 3 aliphatic rings. The smallest absolute Gasteiger partial charge is 0.160 e. The van der Waals surface area contributed by atoms with Crippen LogP contribution >= 0.6 is 0 Å². The van der Waals surface area contributed by atoms with E-state index < -0.39 is 5.60 Å². The molecule has 5 heteroatoms. The zero-order valence-electron chi connectivity index (χ0n) is 18.5. The lowest BCUT2D eigenvalue weighted by Crippen LogP contribution is -2.45. The Morgan fingerprint density at radius 3 is 2.69 bits per heavy atom. The molecule has 0 saturated heterocycles. The molecule has 1 aromatic rings. The Morgan fingerprint density at radius 2 is 1.93 bits per heavy atom. The maximum atomic E-state index is 13.2. The summed E-state index contributed by atoms with van der Waals surface area (Å²) in [5.41, 5.74) is -0.451. The van der Waals surface area contributed by atoms with Gasteiger partial charge in [0.25, 0.3) is 0 Å². The molecule has 1 aromatic heterocycles. The summed E-state index contributed by atoms with van der Waals surface area (Å²) in [6.07, 6.45) is 14.8. The third-order valence-corrected chi connectivity index (χ3v) is 8.74. The van der Waals surface area contributed by atoms with E-state index >= 15 is 0 Å². The van der Waals surface area contributed by atoms with Gasteiger partial charge in [0.2, 0.25) is 0 Å². The van der Waals surface area contributed by atoms with Crippen molar-refractivity contribution in [3.05, 3.63) is 12.4 Å². The van der Waals surface area contributed by atoms with Gasteiger partial charge in [-0.2, -0.15) is 0 Å². The molecule has 3 saturated carbocycles. The molecule has 29 heavy (non-hydrogen) atoms. The number of ketones is 1. The van der Waals surface area contributed by atoms with Crippen LogP contribution in [0.25, 0.3) is 0 Å². The van der Waals surface area contributed by atoms with Crippen LogP contribution in [0, 0.1) is 35.5 Å². The molecule has 0 bridgehead atoms. The number of hydrogen-bond donors (Lipinski definition) is 1. The van der Waals surface area contributed by atoms with Crippen LogP contribution in [0.1, 0.15) is 91.0 Å². The lowest BCUT2D eigenvalue weighted by molar-refractivity contribution is -0.126. The third-order valence-electron chi connectivity index (χ3n) is 8.74. The summed E-state index contributed by atoms with van der Waals surface area (Å²) in [7, 11) is 0. The number of aromatic nitrogens is 3. The van der Waals surface area contributed by atoms with Crippen molar-refractivity contribution in [3.63, 3.8) is 0 Å². The predicted molar refractivity (Wildman–Crippen MR) is 113 cm³/mol. The predicted octanol–water partition coefficient (Wildman–Crippen LogP) is 4.82. The monoisotopic (exact) mass is 401 g/mol. The van der Waals surface area contributed by atoms with Crippen LogP contribution in [0.5, 0.6) is 0 Å². The number of Topliss-reactive ketones (excluding diaryl/α,β-unsaturated/α-hetero) is 1. The van der Waals surface area contributed by atoms with Gasteiger partial charge in [-0.25, -0.2) is 4.68 Å². The summed E-state index contributed by atoms with van der Waals surface area (Å²) >= 11 is 0. The molecule has 1 N–H and O–H groups in total. The molecule has 0 radical (unpaired) electrons. The normalized spacial score (nSPS) is 41.9. The van der Waals surface area contributed by atoms with Gasteiger partial charge < -0.3 is 5.11 Å². The summed E-state index contributed by atoms with van der Waals surface area (Å²) in [4.78, 5) is 13.2. The minimum Gasteiger partial charge on any atom is -0.390 e. The molecule has 0 aromatic carbocycles. The van der Waals surface area contributed by atoms with Crippen LogP contribution in [0.15, 0.2) is 12.4 Å². The molecule has 1 heterocycles. The highest BCUT2D eigenvalue weighted by Gasteiger charge is 2.46. The summed E-state index contributed by atoms with van der Waals surface area (Å²) in [5.74, 6) is 4.27. The number of carbonyl (C=O) groups is 1. The van der Waals surface area contributed by atoms with Crippen LogP contribution < -0.4 is 0 Å². The largest absolute Gasteiger partial charge is 0.390 e. The summed E-state index contributed by atoms with van der Waals surface area (Å²) in [5, 5.41) is 18.5. The first-order valence-electron chi connectivity index (χ1n) is 12.0. The van der Waals surface area contributed by atoms with E-state index in [0.29, 0.717) is 17.6 Å². The van der Waals surface area contributed by atoms with E-state index in [-0.39, 0.29) is 12.0 Å². The molecular formula is C24H39N3O2. The molecule has 8 atom stereocenters. The molecule has 3 aliphatic carbocycles. The minimum absolute atomic E-state index is 0.152. The number of nitrogens with zero attached hydrogens (tertiary/aromatic N) is 3. The average Bonchev–Trinajstić information content (AvgIpc) is 3.24. The summed E-state index contributed by atoms with van der Waals surface area (Å²) in [6, 6.07) is -0.217. The van der Waals surface area contributed by atoms with Crippen LogP contribution in [0.3, 0.4) is 0 Å². The van der Waals surface area contributed by atoms with E-state index in [1.807, 2.05) is 13.8 Å². The van der Waals surface area contributed by atoms with Crippen molar-refractivity contribution in [2.24, 2.45) is 35.5 Å². The van der Waals surface area contributed by atoms with Crippen molar-refractivity contribution in [2.75, 3.05) is 0 Å². The first-order valence-corrected chi connectivity index (χ1v) is 12.0. The third kappa shape index (κ3) is 4.45. The lowest BCUT2D eigenvalue weighted by atomic mass is 9.56. The maximum absolute atomic E-state index is 13.2. The van der Waals surface area contributed by atoms with Gasteiger partial charge >= 0.3 is 0 Å². The van der Waals surface area contributed by atoms with Gasteiger partial charge in [0, 0.05) is 12.1 Å². The molecule has 3 fully saturated rings. The molecule has 5 nitrogen and oxygen atoms in total. The van der Waals surface area contributed by atoms with E-state index in [9.17, 15) is 9.90 Å². The Morgan fingerprint density at radius 1 is 1.10 bits per heavy atom. The second kappa shape index (κ2) is 8.49. The topological polar surface area (TPSA) is 68.0 Å². The molecule has 0 spiro atoms. The van der Waals surface area contributed by atoms with E-state index in [1.165, 1.54) is 25.7 Å². The van der Waals surface area contributed by atoms with Gasteiger partial charge in [-0.1, -0.05) is 18.6 Å². The van der Waals surface area contributed by atoms with Crippen LogP contribution in [0.2, 0.25) is 0 Å². The summed E-state index contributed by atoms with van der Waals surface area (Å²) < 4.78 is 1.71. The van der Waals surface area contributed by atoms with Gasteiger partial charge in [0.1, 0.15) is 6.04 Å². The van der Waals surface area contributed by atoms with Crippen molar-refractivity contribution in [1.29, 1.82) is 0 Å². The Kier molecular flexibility index (Phi) is 6.15. The van der Waals surface area contributed by atoms with Crippen molar-refractivity contribution in [3.8, 4) is 0 Å². The van der Waals surface area contributed by atoms with Crippen molar-refractivity contribution < 1.29 is 9.90 Å². The fourth-order valence-electron chi connectivity index (χ4n) is 7.09. The van der Waals surface area contributed by atoms with E-state index in [1.54, 1.807) is 17.1 Å². The highest BCUT2D eigenvalue weighted by molar-refractivity contribution is 5.84. The van der Waals surface area contributed by atoms with Crippen molar-refractivity contribution in [1.82, 2.24) is 15.0 Å². The van der Waals surface area contributed by atoms with Gasteiger partial charge in [0.15, 0.2) is 5.78 Å². The average molecular weight is 402 g/mol. The Hall–Kier alpha value is -1.23. The van der Waals surface area contributed by atoms with Gasteiger partial charge in [0.05, 0.1) is 11.8 Å². The molecule has 0 aliphatic heterocycles. The van der Waals surface area contributed by atoms with Crippen LogP contribution in [-0.4, -0.2) is 31.5 Å². The molecule has 4 rings (SSSR count). The van der Waals surface area contributed by atoms with E-state index in [0.717, 1.165) is 56.3 Å². The Balaban J connectivity index is 1.45. The van der Waals surface area contributed by atoms with Crippen molar-refractivity contribution in [2.45, 2.75) is 96.6 Å². The number of carbonyl (C=O) groups excluding carboxylic acids is 1. The number of rotatable bonds is 3. The quantitative estimate of drug-likeness (QED) is 0.788. The standard InChI is InChI=1S/C24H39N3O2/c1-16-7-8-18(23(28)17(2)27-14-13-25-26-27)5-4-6-22-20(16)10-9-19-15-24(3,29)12-11-21(19)22/h13-14,16-22,29H,4-12,15H2,1-3H3/t16-,17+,18+,19-,20-,21-,22-,24+/m0/s1. The van der Waals surface area contributed by atoms with Crippen molar-refractivity contribution >= 4 is 5.78 Å². The zero-order chi connectivity index (χ0) is 20.6. The number of hydrogen-bond acceptors (Lipinski definition) is 4. The van der Waals surface area contributed by atoms with Gasteiger partial charge in [-0.05, 0) is 101 Å².